The van der Waals surface area contributed by atoms with Crippen molar-refractivity contribution in [3.05, 3.63) is 28.8 Å². The maximum absolute atomic E-state index is 5.01. The predicted octanol–water partition coefficient (Wildman–Crippen LogP) is 1.70. The molecule has 1 aromatic carbocycles. The van der Waals surface area contributed by atoms with Gasteiger partial charge in [0.05, 0.1) is 7.11 Å². The van der Waals surface area contributed by atoms with Gasteiger partial charge in [0.1, 0.15) is 0 Å². The van der Waals surface area contributed by atoms with Gasteiger partial charge in [-0.1, -0.05) is 6.07 Å². The summed E-state index contributed by atoms with van der Waals surface area (Å²) in [4.78, 5) is 0. The summed E-state index contributed by atoms with van der Waals surface area (Å²) in [5.74, 6) is 0.778. The van der Waals surface area contributed by atoms with Crippen molar-refractivity contribution in [3.8, 4) is 5.75 Å². The molecule has 0 aromatic heterocycles. The first-order valence-corrected chi connectivity index (χ1v) is 3.46. The normalized spacial score (nSPS) is 9.50. The van der Waals surface area contributed by atoms with Gasteiger partial charge >= 0.3 is 0 Å². The number of aryl methyl sites for hydroxylation is 1. The van der Waals surface area contributed by atoms with E-state index in [2.05, 4.69) is 0 Å². The number of hydrogen-bond acceptors (Lipinski definition) is 1. The Morgan fingerprint density at radius 3 is 2.60 bits per heavy atom. The summed E-state index contributed by atoms with van der Waals surface area (Å²) in [7, 11) is 1.63. The lowest BCUT2D eigenvalue weighted by atomic mass is 10.2. The van der Waals surface area contributed by atoms with Crippen molar-refractivity contribution in [3.63, 3.8) is 0 Å². The first-order valence-electron chi connectivity index (χ1n) is 3.05. The van der Waals surface area contributed by atoms with Crippen molar-refractivity contribution < 1.29 is 16.3 Å². The molecule has 1 aromatic rings. The van der Waals surface area contributed by atoms with Gasteiger partial charge in [0.15, 0.2) is 17.4 Å². The van der Waals surface area contributed by atoms with Gasteiger partial charge in [0.2, 0.25) is 0 Å². The summed E-state index contributed by atoms with van der Waals surface area (Å²) in [6, 6.07) is 5.79. The number of methoxy groups -OCH3 is 1. The molecule has 2 heteroatoms. The van der Waals surface area contributed by atoms with Crippen molar-refractivity contribution in [2.45, 2.75) is 6.92 Å². The molecule has 0 heterocycles. The van der Waals surface area contributed by atoms with Crippen LogP contribution in [0, 0.1) is 18.5 Å². The van der Waals surface area contributed by atoms with Crippen molar-refractivity contribution in [1.29, 1.82) is 0 Å². The molecule has 0 fully saturated rings. The van der Waals surface area contributed by atoms with Crippen LogP contribution in [-0.2, 0) is 0 Å². The topological polar surface area (TPSA) is 9.23 Å². The Balaban J connectivity index is 3.07. The second kappa shape index (κ2) is 2.93. The van der Waals surface area contributed by atoms with E-state index in [4.69, 9.17) is 16.3 Å². The first-order chi connectivity index (χ1) is 4.74. The number of ether oxygens (including phenoxy) is 1. The molecule has 10 heavy (non-hydrogen) atoms. The van der Waals surface area contributed by atoms with E-state index in [1.807, 2.05) is 25.1 Å². The first kappa shape index (κ1) is 7.42. The van der Waals surface area contributed by atoms with Crippen LogP contribution in [-0.4, -0.2) is 7.11 Å². The third kappa shape index (κ3) is 1.42. The van der Waals surface area contributed by atoms with Crippen LogP contribution >= 0.6 is 0 Å². The molecule has 0 saturated heterocycles. The van der Waals surface area contributed by atoms with Gasteiger partial charge in [-0.2, -0.15) is 0 Å². The molecule has 0 radical (unpaired) electrons. The second-order valence-electron chi connectivity index (χ2n) is 2.15. The quantitative estimate of drug-likeness (QED) is 0.603. The SMILES string of the molecule is COc1ccc(C)cc1[ClH+]. The van der Waals surface area contributed by atoms with Gasteiger partial charge in [-0.3, -0.25) is 0 Å². The average molecular weight is 158 g/mol. The van der Waals surface area contributed by atoms with Crippen LogP contribution in [0.15, 0.2) is 18.2 Å². The van der Waals surface area contributed by atoms with E-state index in [0.29, 0.717) is 0 Å². The number of hydrogen-bond donors (Lipinski definition) is 0. The van der Waals surface area contributed by atoms with E-state index in [1.165, 1.54) is 5.56 Å². The van der Waals surface area contributed by atoms with Gasteiger partial charge in [-0.05, 0) is 18.6 Å². The van der Waals surface area contributed by atoms with Crippen molar-refractivity contribution in [1.82, 2.24) is 0 Å². The molecular formula is C8H10ClO+. The lowest BCUT2D eigenvalue weighted by molar-refractivity contribution is -0.290. The minimum atomic E-state index is 0.778. The largest absolute Gasteiger partial charge is 0.491 e. The Morgan fingerprint density at radius 2 is 2.10 bits per heavy atom. The molecule has 0 bridgehead atoms. The van der Waals surface area contributed by atoms with E-state index in [9.17, 15) is 0 Å². The maximum atomic E-state index is 5.01. The van der Waals surface area contributed by atoms with Crippen LogP contribution in [0.2, 0.25) is 5.02 Å². The van der Waals surface area contributed by atoms with Gasteiger partial charge < -0.3 is 4.74 Å². The molecular weight excluding hydrogens is 148 g/mol. The van der Waals surface area contributed by atoms with Gasteiger partial charge in [0, 0.05) is 6.07 Å². The molecule has 1 nitrogen and oxygen atoms in total. The summed E-state index contributed by atoms with van der Waals surface area (Å²) >= 11 is 5.01. The van der Waals surface area contributed by atoms with Crippen LogP contribution in [0.5, 0.6) is 5.75 Å². The Kier molecular flexibility index (Phi) is 2.17. The van der Waals surface area contributed by atoms with Crippen LogP contribution in [0.3, 0.4) is 0 Å². The zero-order chi connectivity index (χ0) is 7.56. The molecule has 54 valence electrons. The Morgan fingerprint density at radius 1 is 1.40 bits per heavy atom. The highest BCUT2D eigenvalue weighted by atomic mass is 35.5. The smallest absolute Gasteiger partial charge is 0.267 e. The fraction of sp³-hybridized carbons (Fsp3) is 0.250. The summed E-state index contributed by atoms with van der Waals surface area (Å²) in [6.07, 6.45) is 0. The van der Waals surface area contributed by atoms with Crippen LogP contribution in [0.25, 0.3) is 0 Å². The third-order valence-electron chi connectivity index (χ3n) is 1.32. The van der Waals surface area contributed by atoms with Crippen LogP contribution in [0.4, 0.5) is 0 Å². The van der Waals surface area contributed by atoms with Crippen LogP contribution in [0.1, 0.15) is 5.56 Å². The van der Waals surface area contributed by atoms with Gasteiger partial charge in [-0.25, -0.2) is 0 Å². The Hall–Kier alpha value is -0.690. The second-order valence-corrected chi connectivity index (χ2v) is 2.59. The van der Waals surface area contributed by atoms with E-state index >= 15 is 0 Å². The zero-order valence-corrected chi connectivity index (χ0v) is 6.87. The van der Waals surface area contributed by atoms with Crippen molar-refractivity contribution in [2.75, 3.05) is 7.11 Å². The zero-order valence-electron chi connectivity index (χ0n) is 6.05. The van der Waals surface area contributed by atoms with Crippen molar-refractivity contribution in [2.24, 2.45) is 0 Å². The fourth-order valence-electron chi connectivity index (χ4n) is 0.784. The molecule has 0 amide bonds. The van der Waals surface area contributed by atoms with E-state index in [1.54, 1.807) is 7.11 Å². The average Bonchev–Trinajstić information content (AvgIpc) is 1.88. The molecule has 0 atom stereocenters. The highest BCUT2D eigenvalue weighted by molar-refractivity contribution is 5.32. The van der Waals surface area contributed by atoms with Crippen molar-refractivity contribution >= 4 is 0 Å². The Labute approximate surface area is 65.6 Å². The minimum Gasteiger partial charge on any atom is -0.491 e. The summed E-state index contributed by atoms with van der Waals surface area (Å²) in [5, 5.41) is 0.780. The lowest BCUT2D eigenvalue weighted by Gasteiger charge is -1.96. The Bertz CT molecular complexity index is 233. The molecule has 1 rings (SSSR count). The molecule has 0 N–H and O–H groups in total. The predicted molar refractivity (Wildman–Crippen MR) is 38.3 cm³/mol. The third-order valence-corrected chi connectivity index (χ3v) is 1.64. The standard InChI is InChI=1S/C8H10ClO/c1-6-3-4-8(10-2)7(9)5-6/h3-5,9H,1-2H3/q+1. The molecule has 0 aliphatic heterocycles. The minimum absolute atomic E-state index is 0.778. The van der Waals surface area contributed by atoms with E-state index in [-0.39, 0.29) is 0 Å². The molecule has 0 saturated carbocycles. The van der Waals surface area contributed by atoms with E-state index < -0.39 is 0 Å². The van der Waals surface area contributed by atoms with E-state index in [0.717, 1.165) is 10.8 Å². The summed E-state index contributed by atoms with van der Waals surface area (Å²) in [6.45, 7) is 2.01. The van der Waals surface area contributed by atoms with Gasteiger partial charge in [0.25, 0.3) is 5.02 Å². The number of halogens is 1. The number of rotatable bonds is 1. The number of benzene rings is 1. The van der Waals surface area contributed by atoms with Crippen LogP contribution < -0.4 is 4.74 Å². The maximum Gasteiger partial charge on any atom is 0.267 e. The fourth-order valence-corrected chi connectivity index (χ4v) is 1.12. The highest BCUT2D eigenvalue weighted by Crippen LogP contribution is 2.19. The lowest BCUT2D eigenvalue weighted by Crippen LogP contribution is -1.85. The molecule has 0 spiro atoms. The summed E-state index contributed by atoms with van der Waals surface area (Å²) < 4.78 is 5.00. The molecule has 0 aliphatic carbocycles. The monoisotopic (exact) mass is 157 g/mol. The molecule has 0 aliphatic rings. The highest BCUT2D eigenvalue weighted by Gasteiger charge is 2.05. The van der Waals surface area contributed by atoms with Gasteiger partial charge in [-0.15, -0.1) is 0 Å². The summed E-state index contributed by atoms with van der Waals surface area (Å²) in [5.41, 5.74) is 1.17. The molecule has 0 unspecified atom stereocenters.